The molecule has 0 fully saturated rings. The molecule has 2 aromatic heterocycles. The molecule has 0 spiro atoms. The Morgan fingerprint density at radius 2 is 0.770 bits per heavy atom. The van der Waals surface area contributed by atoms with Gasteiger partial charge in [0.1, 0.15) is 11.2 Å². The number of nitrogens with zero attached hydrogens (tertiary/aromatic N) is 2. The van der Waals surface area contributed by atoms with E-state index in [9.17, 15) is 0 Å². The lowest BCUT2D eigenvalue weighted by Gasteiger charge is -2.14. The summed E-state index contributed by atoms with van der Waals surface area (Å²) in [5.41, 5.74) is 17.0. The Kier molecular flexibility index (Phi) is 8.17. The van der Waals surface area contributed by atoms with Crippen molar-refractivity contribution < 1.29 is 4.42 Å². The van der Waals surface area contributed by atoms with Gasteiger partial charge in [-0.15, -0.1) is 0 Å². The summed E-state index contributed by atoms with van der Waals surface area (Å²) in [6.07, 6.45) is 1.93. The Morgan fingerprint density at radius 1 is 0.295 bits per heavy atom. The average Bonchev–Trinajstić information content (AvgIpc) is 3.73. The van der Waals surface area contributed by atoms with Crippen molar-refractivity contribution in [2.45, 2.75) is 0 Å². The van der Waals surface area contributed by atoms with E-state index in [1.54, 1.807) is 0 Å². The van der Waals surface area contributed by atoms with E-state index in [2.05, 4.69) is 200 Å². The van der Waals surface area contributed by atoms with Crippen molar-refractivity contribution in [2.24, 2.45) is 0 Å². The zero-order valence-corrected chi connectivity index (χ0v) is 33.1. The molecule has 0 atom stereocenters. The molecule has 10 aromatic carbocycles. The zero-order chi connectivity index (χ0) is 40.3. The van der Waals surface area contributed by atoms with Crippen LogP contribution < -0.4 is 0 Å². The largest absolute Gasteiger partial charge is 0.455 e. The van der Waals surface area contributed by atoms with Gasteiger partial charge in [-0.1, -0.05) is 182 Å². The lowest BCUT2D eigenvalue weighted by atomic mass is 9.93. The van der Waals surface area contributed by atoms with Gasteiger partial charge >= 0.3 is 0 Å². The number of rotatable bonds is 6. The fraction of sp³-hybridized carbons (Fsp3) is 0. The van der Waals surface area contributed by atoms with Gasteiger partial charge in [0, 0.05) is 32.7 Å². The molecule has 2 heterocycles. The summed E-state index contributed by atoms with van der Waals surface area (Å²) in [6, 6.07) is 75.5. The van der Waals surface area contributed by atoms with Crippen molar-refractivity contribution in [3.05, 3.63) is 219 Å². The summed E-state index contributed by atoms with van der Waals surface area (Å²) in [7, 11) is 0. The highest BCUT2D eigenvalue weighted by molar-refractivity contribution is 6.24. The lowest BCUT2D eigenvalue weighted by Crippen LogP contribution is -1.93. The minimum Gasteiger partial charge on any atom is -0.455 e. The van der Waals surface area contributed by atoms with Crippen molar-refractivity contribution in [1.82, 2.24) is 9.97 Å². The normalized spacial score (nSPS) is 11.6. The number of hydrogen-bond acceptors (Lipinski definition) is 3. The molecule has 12 aromatic rings. The van der Waals surface area contributed by atoms with Crippen molar-refractivity contribution in [3.8, 4) is 66.9 Å². The minimum absolute atomic E-state index is 0.842. The topological polar surface area (TPSA) is 38.9 Å². The van der Waals surface area contributed by atoms with E-state index in [0.717, 1.165) is 88.4 Å². The Morgan fingerprint density at radius 3 is 1.46 bits per heavy atom. The van der Waals surface area contributed by atoms with Crippen molar-refractivity contribution in [3.63, 3.8) is 0 Å². The fourth-order valence-corrected chi connectivity index (χ4v) is 9.03. The van der Waals surface area contributed by atoms with Gasteiger partial charge in [-0.05, 0) is 91.2 Å². The summed E-state index contributed by atoms with van der Waals surface area (Å²) >= 11 is 0. The van der Waals surface area contributed by atoms with Crippen molar-refractivity contribution >= 4 is 54.5 Å². The number of hydrogen-bond donors (Lipinski definition) is 0. The lowest BCUT2D eigenvalue weighted by molar-refractivity contribution is 0.670. The van der Waals surface area contributed by atoms with Gasteiger partial charge in [-0.2, -0.15) is 0 Å². The molecule has 284 valence electrons. The molecule has 3 heteroatoms. The Balaban J connectivity index is 0.915. The molecule has 0 saturated carbocycles. The number of para-hydroxylation sites is 2. The first-order chi connectivity index (χ1) is 30.2. The molecule has 12 rings (SSSR count). The number of aromatic nitrogens is 2. The number of benzene rings is 10. The van der Waals surface area contributed by atoms with Crippen LogP contribution >= 0.6 is 0 Å². The van der Waals surface area contributed by atoms with Crippen molar-refractivity contribution in [1.29, 1.82) is 0 Å². The molecule has 0 aliphatic heterocycles. The second kappa shape index (κ2) is 14.3. The summed E-state index contributed by atoms with van der Waals surface area (Å²) in [4.78, 5) is 10.6. The molecule has 0 radical (unpaired) electrons. The van der Waals surface area contributed by atoms with Crippen LogP contribution in [0.15, 0.2) is 223 Å². The molecule has 61 heavy (non-hydrogen) atoms. The van der Waals surface area contributed by atoms with Crippen LogP contribution in [-0.4, -0.2) is 9.97 Å². The smallest absolute Gasteiger partial charge is 0.143 e. The van der Waals surface area contributed by atoms with Crippen LogP contribution in [0.4, 0.5) is 0 Å². The van der Waals surface area contributed by atoms with Gasteiger partial charge in [0.15, 0.2) is 0 Å². The molecule has 0 aliphatic rings. The van der Waals surface area contributed by atoms with E-state index in [4.69, 9.17) is 14.4 Å². The van der Waals surface area contributed by atoms with Crippen molar-refractivity contribution in [2.75, 3.05) is 0 Å². The van der Waals surface area contributed by atoms with E-state index in [0.29, 0.717) is 0 Å². The van der Waals surface area contributed by atoms with Crippen LogP contribution in [-0.2, 0) is 0 Å². The number of furan rings is 1. The van der Waals surface area contributed by atoms with Gasteiger partial charge in [0.25, 0.3) is 0 Å². The standard InChI is InChI=1S/C58H36N2O/c1-3-12-37(13-4-1)44-28-30-49-52(34-44)53-35-45(38-14-5-2-6-15-38)29-31-50(53)57-56(49)59-36-54(60-57)46-19-10-18-43(33-46)42-17-9-16-41(32-42)39-24-26-40(27-25-39)47-21-11-22-51-48-20-7-8-23-55(48)61-58(47)51/h1-36H. The van der Waals surface area contributed by atoms with E-state index in [1.165, 1.54) is 33.0 Å². The van der Waals surface area contributed by atoms with Crippen LogP contribution in [0.3, 0.4) is 0 Å². The minimum atomic E-state index is 0.842. The molecule has 0 saturated heterocycles. The molecular weight excluding hydrogens is 741 g/mol. The van der Waals surface area contributed by atoms with Crippen LogP contribution in [0.25, 0.3) is 121 Å². The molecule has 0 bridgehead atoms. The first kappa shape index (κ1) is 34.9. The quantitative estimate of drug-likeness (QED) is 0.158. The first-order valence-electron chi connectivity index (χ1n) is 20.7. The Bertz CT molecular complexity index is 3630. The summed E-state index contributed by atoms with van der Waals surface area (Å²) < 4.78 is 6.35. The monoisotopic (exact) mass is 776 g/mol. The van der Waals surface area contributed by atoms with Gasteiger partial charge in [0.05, 0.1) is 22.9 Å². The third-order valence-corrected chi connectivity index (χ3v) is 12.1. The summed E-state index contributed by atoms with van der Waals surface area (Å²) in [5, 5.41) is 6.80. The maximum atomic E-state index is 6.35. The summed E-state index contributed by atoms with van der Waals surface area (Å²) in [6.45, 7) is 0. The molecule has 0 aliphatic carbocycles. The highest BCUT2D eigenvalue weighted by Gasteiger charge is 2.16. The van der Waals surface area contributed by atoms with Crippen LogP contribution in [0, 0.1) is 0 Å². The van der Waals surface area contributed by atoms with Gasteiger partial charge < -0.3 is 4.42 Å². The highest BCUT2D eigenvalue weighted by Crippen LogP contribution is 2.40. The fourth-order valence-electron chi connectivity index (χ4n) is 9.03. The molecule has 0 unspecified atom stereocenters. The maximum Gasteiger partial charge on any atom is 0.143 e. The van der Waals surface area contributed by atoms with Gasteiger partial charge in [-0.3, -0.25) is 4.98 Å². The highest BCUT2D eigenvalue weighted by atomic mass is 16.3. The molecule has 3 nitrogen and oxygen atoms in total. The molecular formula is C58H36N2O. The van der Waals surface area contributed by atoms with Gasteiger partial charge in [0.2, 0.25) is 0 Å². The number of fused-ring (bicyclic) bond motifs is 9. The predicted octanol–water partition coefficient (Wildman–Crippen LogP) is 15.8. The zero-order valence-electron chi connectivity index (χ0n) is 33.1. The van der Waals surface area contributed by atoms with E-state index in [1.807, 2.05) is 18.3 Å². The SMILES string of the molecule is c1ccc(-c2ccc3c(c2)c2cc(-c4ccccc4)ccc2c2nc(-c4cccc(-c5cccc(-c6ccc(-c7cccc8c7oc7ccccc78)cc6)c5)c4)cnc32)cc1. The average molecular weight is 777 g/mol. The molecule has 0 N–H and O–H groups in total. The van der Waals surface area contributed by atoms with Crippen LogP contribution in [0.5, 0.6) is 0 Å². The van der Waals surface area contributed by atoms with E-state index < -0.39 is 0 Å². The van der Waals surface area contributed by atoms with Crippen LogP contribution in [0.1, 0.15) is 0 Å². The van der Waals surface area contributed by atoms with Gasteiger partial charge in [-0.25, -0.2) is 4.98 Å². The second-order valence-corrected chi connectivity index (χ2v) is 15.7. The Labute approximate surface area is 352 Å². The predicted molar refractivity (Wildman–Crippen MR) is 254 cm³/mol. The third-order valence-electron chi connectivity index (χ3n) is 12.1. The molecule has 0 amide bonds. The van der Waals surface area contributed by atoms with Crippen LogP contribution in [0.2, 0.25) is 0 Å². The van der Waals surface area contributed by atoms with E-state index >= 15 is 0 Å². The first-order valence-corrected chi connectivity index (χ1v) is 20.7. The summed E-state index contributed by atoms with van der Waals surface area (Å²) in [5.74, 6) is 0. The second-order valence-electron chi connectivity index (χ2n) is 15.7. The maximum absolute atomic E-state index is 6.35. The van der Waals surface area contributed by atoms with E-state index in [-0.39, 0.29) is 0 Å². The Hall–Kier alpha value is -8.14. The third kappa shape index (κ3) is 6.06.